The molecule has 0 aromatic heterocycles. The second-order valence-electron chi connectivity index (χ2n) is 5.65. The molecular weight excluding hydrogens is 337 g/mol. The average Bonchev–Trinajstić information content (AvgIpc) is 2.54. The van der Waals surface area contributed by atoms with Gasteiger partial charge in [-0.05, 0) is 44.1 Å². The second-order valence-corrected chi connectivity index (χ2v) is 5.65. The number of aliphatic hydroxyl groups excluding tert-OH is 1. The molecule has 5 nitrogen and oxygen atoms in total. The van der Waals surface area contributed by atoms with Crippen LogP contribution >= 0.6 is 24.8 Å². The maximum atomic E-state index is 12.0. The van der Waals surface area contributed by atoms with Crippen LogP contribution in [-0.4, -0.2) is 48.6 Å². The molecule has 1 aromatic rings. The highest BCUT2D eigenvalue weighted by atomic mass is 35.5. The fraction of sp³-hybridized carbons (Fsp3) is 0.562. The van der Waals surface area contributed by atoms with E-state index in [-0.39, 0.29) is 37.3 Å². The highest BCUT2D eigenvalue weighted by Crippen LogP contribution is 2.09. The Morgan fingerprint density at radius 3 is 2.61 bits per heavy atom. The van der Waals surface area contributed by atoms with Crippen LogP contribution in [0.3, 0.4) is 0 Å². The van der Waals surface area contributed by atoms with Crippen LogP contribution in [0.4, 0.5) is 0 Å². The molecule has 0 unspecified atom stereocenters. The van der Waals surface area contributed by atoms with E-state index in [4.69, 9.17) is 5.11 Å². The lowest BCUT2D eigenvalue weighted by Gasteiger charge is -2.31. The monoisotopic (exact) mass is 363 g/mol. The Morgan fingerprint density at radius 1 is 1.30 bits per heavy atom. The van der Waals surface area contributed by atoms with Gasteiger partial charge >= 0.3 is 0 Å². The molecule has 1 heterocycles. The zero-order valence-electron chi connectivity index (χ0n) is 13.5. The van der Waals surface area contributed by atoms with Crippen molar-refractivity contribution in [1.29, 1.82) is 0 Å². The van der Waals surface area contributed by atoms with Crippen LogP contribution in [0.2, 0.25) is 0 Å². The zero-order chi connectivity index (χ0) is 15.1. The summed E-state index contributed by atoms with van der Waals surface area (Å²) in [6.45, 7) is 3.03. The summed E-state index contributed by atoms with van der Waals surface area (Å²) in [6.07, 6.45) is 2.20. The van der Waals surface area contributed by atoms with Crippen molar-refractivity contribution >= 4 is 30.7 Å². The third kappa shape index (κ3) is 7.50. The van der Waals surface area contributed by atoms with Crippen molar-refractivity contribution in [2.75, 3.05) is 26.7 Å². The van der Waals surface area contributed by atoms with E-state index in [0.717, 1.165) is 37.1 Å². The van der Waals surface area contributed by atoms with Gasteiger partial charge in [0.15, 0.2) is 0 Å². The number of carbonyl (C=O) groups is 1. The zero-order valence-corrected chi connectivity index (χ0v) is 15.1. The first-order valence-electron chi connectivity index (χ1n) is 7.55. The number of halogens is 2. The minimum atomic E-state index is 0. The molecule has 0 atom stereocenters. The summed E-state index contributed by atoms with van der Waals surface area (Å²) in [5, 5.41) is 15.4. The molecule has 0 aliphatic carbocycles. The number of aliphatic hydroxyl groups is 1. The van der Waals surface area contributed by atoms with Gasteiger partial charge in [-0.15, -0.1) is 24.8 Å². The summed E-state index contributed by atoms with van der Waals surface area (Å²) < 4.78 is 0. The molecule has 1 aromatic carbocycles. The molecule has 0 saturated carbocycles. The SMILES string of the molecule is CN(CC(=O)NCc1cccc(CO)c1)C1CCNCC1.Cl.Cl. The minimum absolute atomic E-state index is 0. The van der Waals surface area contributed by atoms with E-state index < -0.39 is 0 Å². The quantitative estimate of drug-likeness (QED) is 0.713. The Morgan fingerprint density at radius 2 is 1.96 bits per heavy atom. The number of benzene rings is 1. The van der Waals surface area contributed by atoms with Crippen molar-refractivity contribution in [1.82, 2.24) is 15.5 Å². The van der Waals surface area contributed by atoms with Gasteiger partial charge < -0.3 is 15.7 Å². The first kappa shape index (κ1) is 22.1. The van der Waals surface area contributed by atoms with E-state index >= 15 is 0 Å². The van der Waals surface area contributed by atoms with Crippen LogP contribution < -0.4 is 10.6 Å². The van der Waals surface area contributed by atoms with E-state index in [1.54, 1.807) is 0 Å². The van der Waals surface area contributed by atoms with E-state index in [1.807, 2.05) is 31.3 Å². The van der Waals surface area contributed by atoms with Gasteiger partial charge in [-0.1, -0.05) is 24.3 Å². The Bertz CT molecular complexity index is 468. The molecule has 1 fully saturated rings. The van der Waals surface area contributed by atoms with E-state index in [2.05, 4.69) is 15.5 Å². The van der Waals surface area contributed by atoms with Crippen LogP contribution in [-0.2, 0) is 17.9 Å². The van der Waals surface area contributed by atoms with Crippen LogP contribution in [0.25, 0.3) is 0 Å². The highest BCUT2D eigenvalue weighted by molar-refractivity contribution is 5.85. The number of nitrogens with zero attached hydrogens (tertiary/aromatic N) is 1. The minimum Gasteiger partial charge on any atom is -0.392 e. The van der Waals surface area contributed by atoms with Gasteiger partial charge in [0, 0.05) is 12.6 Å². The molecule has 0 bridgehead atoms. The molecule has 132 valence electrons. The van der Waals surface area contributed by atoms with Crippen molar-refractivity contribution in [3.05, 3.63) is 35.4 Å². The number of likely N-dealkylation sites (N-methyl/N-ethyl adjacent to an activating group) is 1. The topological polar surface area (TPSA) is 64.6 Å². The van der Waals surface area contributed by atoms with Gasteiger partial charge in [0.25, 0.3) is 0 Å². The Kier molecular flexibility index (Phi) is 11.2. The number of rotatable bonds is 6. The number of hydrogen-bond donors (Lipinski definition) is 3. The van der Waals surface area contributed by atoms with Crippen molar-refractivity contribution in [3.63, 3.8) is 0 Å². The molecule has 3 N–H and O–H groups in total. The summed E-state index contributed by atoms with van der Waals surface area (Å²) in [5.41, 5.74) is 1.88. The van der Waals surface area contributed by atoms with Crippen molar-refractivity contribution < 1.29 is 9.90 Å². The van der Waals surface area contributed by atoms with Crippen molar-refractivity contribution in [2.24, 2.45) is 0 Å². The van der Waals surface area contributed by atoms with E-state index in [9.17, 15) is 4.79 Å². The van der Waals surface area contributed by atoms with Gasteiger partial charge in [-0.3, -0.25) is 9.69 Å². The second kappa shape index (κ2) is 11.6. The molecule has 23 heavy (non-hydrogen) atoms. The molecular formula is C16H27Cl2N3O2. The first-order valence-corrected chi connectivity index (χ1v) is 7.55. The van der Waals surface area contributed by atoms with Gasteiger partial charge in [0.05, 0.1) is 13.2 Å². The van der Waals surface area contributed by atoms with E-state index in [0.29, 0.717) is 19.1 Å². The molecule has 2 rings (SSSR count). The van der Waals surface area contributed by atoms with Crippen LogP contribution in [0, 0.1) is 0 Å². The fourth-order valence-corrected chi connectivity index (χ4v) is 2.70. The number of amides is 1. The first-order chi connectivity index (χ1) is 10.2. The largest absolute Gasteiger partial charge is 0.392 e. The summed E-state index contributed by atoms with van der Waals surface area (Å²) in [7, 11) is 2.02. The number of piperidine rings is 1. The number of carbonyl (C=O) groups excluding carboxylic acids is 1. The Balaban J connectivity index is 0.00000242. The van der Waals surface area contributed by atoms with Crippen molar-refractivity contribution in [3.8, 4) is 0 Å². The standard InChI is InChI=1S/C16H25N3O2.2ClH/c1-19(15-5-7-17-8-6-15)11-16(21)18-10-13-3-2-4-14(9-13)12-20;;/h2-4,9,15,17,20H,5-8,10-12H2,1H3,(H,18,21);2*1H. The summed E-state index contributed by atoms with van der Waals surface area (Å²) in [4.78, 5) is 14.1. The third-order valence-corrected chi connectivity index (χ3v) is 3.99. The number of hydrogen-bond acceptors (Lipinski definition) is 4. The third-order valence-electron chi connectivity index (χ3n) is 3.99. The lowest BCUT2D eigenvalue weighted by atomic mass is 10.1. The maximum absolute atomic E-state index is 12.0. The number of nitrogens with one attached hydrogen (secondary N) is 2. The molecule has 1 aliphatic heterocycles. The molecule has 1 saturated heterocycles. The molecule has 0 radical (unpaired) electrons. The van der Waals surface area contributed by atoms with Crippen LogP contribution in [0.15, 0.2) is 24.3 Å². The van der Waals surface area contributed by atoms with Gasteiger partial charge in [0.2, 0.25) is 5.91 Å². The smallest absolute Gasteiger partial charge is 0.234 e. The molecule has 1 amide bonds. The van der Waals surface area contributed by atoms with Gasteiger partial charge in [-0.25, -0.2) is 0 Å². The predicted octanol–water partition coefficient (Wildman–Crippen LogP) is 1.32. The summed E-state index contributed by atoms with van der Waals surface area (Å²) in [6, 6.07) is 8.13. The Hall–Kier alpha value is -0.850. The summed E-state index contributed by atoms with van der Waals surface area (Å²) >= 11 is 0. The lowest BCUT2D eigenvalue weighted by Crippen LogP contribution is -2.45. The molecule has 7 heteroatoms. The summed E-state index contributed by atoms with van der Waals surface area (Å²) in [5.74, 6) is 0.0467. The Labute approximate surface area is 150 Å². The lowest BCUT2D eigenvalue weighted by molar-refractivity contribution is -0.122. The highest BCUT2D eigenvalue weighted by Gasteiger charge is 2.19. The van der Waals surface area contributed by atoms with Crippen LogP contribution in [0.1, 0.15) is 24.0 Å². The molecule has 1 aliphatic rings. The maximum Gasteiger partial charge on any atom is 0.234 e. The normalized spacial score (nSPS) is 14.7. The van der Waals surface area contributed by atoms with Crippen LogP contribution in [0.5, 0.6) is 0 Å². The fourth-order valence-electron chi connectivity index (χ4n) is 2.70. The molecule has 0 spiro atoms. The van der Waals surface area contributed by atoms with Gasteiger partial charge in [0.1, 0.15) is 0 Å². The predicted molar refractivity (Wildman–Crippen MR) is 97.2 cm³/mol. The van der Waals surface area contributed by atoms with E-state index in [1.165, 1.54) is 0 Å². The average molecular weight is 364 g/mol. The van der Waals surface area contributed by atoms with Gasteiger partial charge in [-0.2, -0.15) is 0 Å². The van der Waals surface area contributed by atoms with Crippen molar-refractivity contribution in [2.45, 2.75) is 32.0 Å².